The van der Waals surface area contributed by atoms with Crippen molar-refractivity contribution in [2.24, 2.45) is 5.73 Å². The van der Waals surface area contributed by atoms with Crippen LogP contribution >= 0.6 is 22.7 Å². The number of hydrogen-bond acceptors (Lipinski definition) is 5. The van der Waals surface area contributed by atoms with Crippen LogP contribution in [-0.2, 0) is 12.7 Å². The minimum Gasteiger partial charge on any atom is -0.326 e. The summed E-state index contributed by atoms with van der Waals surface area (Å²) in [5.41, 5.74) is 6.37. The zero-order valence-corrected chi connectivity index (χ0v) is 9.42. The average molecular weight is 265 g/mol. The van der Waals surface area contributed by atoms with Gasteiger partial charge in [0.2, 0.25) is 0 Å². The van der Waals surface area contributed by atoms with Gasteiger partial charge in [-0.2, -0.15) is 13.2 Å². The van der Waals surface area contributed by atoms with Gasteiger partial charge in [-0.25, -0.2) is 9.97 Å². The molecule has 86 valence electrons. The molecule has 0 saturated heterocycles. The van der Waals surface area contributed by atoms with Crippen molar-refractivity contribution in [2.45, 2.75) is 12.7 Å². The highest BCUT2D eigenvalue weighted by atomic mass is 32.1. The third-order valence-electron chi connectivity index (χ3n) is 1.80. The number of alkyl halides is 3. The lowest BCUT2D eigenvalue weighted by Crippen LogP contribution is -2.10. The molecule has 0 bridgehead atoms. The Hall–Kier alpha value is -0.990. The molecule has 0 amide bonds. The number of aromatic nitrogens is 2. The van der Waals surface area contributed by atoms with Crippen molar-refractivity contribution in [2.75, 3.05) is 0 Å². The molecule has 0 aliphatic rings. The summed E-state index contributed by atoms with van der Waals surface area (Å²) in [5, 5.41) is 1.91. The quantitative estimate of drug-likeness (QED) is 0.908. The van der Waals surface area contributed by atoms with Gasteiger partial charge in [0, 0.05) is 11.9 Å². The smallest absolute Gasteiger partial charge is 0.326 e. The maximum absolute atomic E-state index is 12.6. The second-order valence-corrected chi connectivity index (χ2v) is 4.67. The van der Waals surface area contributed by atoms with Crippen molar-refractivity contribution in [3.05, 3.63) is 21.5 Å². The first-order valence-corrected chi connectivity index (χ1v) is 5.94. The molecule has 0 saturated carbocycles. The Bertz CT molecular complexity index is 475. The normalized spacial score (nSPS) is 12.0. The van der Waals surface area contributed by atoms with E-state index in [9.17, 15) is 13.2 Å². The highest BCUT2D eigenvalue weighted by molar-refractivity contribution is 7.15. The first-order valence-electron chi connectivity index (χ1n) is 4.18. The molecular formula is C8H6F3N3S2. The van der Waals surface area contributed by atoms with E-state index < -0.39 is 11.9 Å². The number of nitrogens with two attached hydrogens (primary N) is 1. The van der Waals surface area contributed by atoms with Gasteiger partial charge in [-0.1, -0.05) is 0 Å². The average Bonchev–Trinajstić information content (AvgIpc) is 2.85. The van der Waals surface area contributed by atoms with Gasteiger partial charge in [0.05, 0.1) is 10.4 Å². The third-order valence-corrected chi connectivity index (χ3v) is 3.49. The van der Waals surface area contributed by atoms with Crippen LogP contribution in [0.3, 0.4) is 0 Å². The molecule has 3 nitrogen and oxygen atoms in total. The molecule has 0 spiro atoms. The fourth-order valence-electron chi connectivity index (χ4n) is 1.14. The van der Waals surface area contributed by atoms with Crippen molar-refractivity contribution in [1.29, 1.82) is 0 Å². The molecule has 8 heteroatoms. The van der Waals surface area contributed by atoms with Crippen LogP contribution in [0.5, 0.6) is 0 Å². The summed E-state index contributed by atoms with van der Waals surface area (Å²) < 4.78 is 37.7. The highest BCUT2D eigenvalue weighted by Gasteiger charge is 2.37. The molecule has 0 fully saturated rings. The molecule has 2 heterocycles. The number of hydrogen-bond donors (Lipinski definition) is 1. The topological polar surface area (TPSA) is 51.8 Å². The van der Waals surface area contributed by atoms with Crippen molar-refractivity contribution >= 4 is 22.7 Å². The van der Waals surface area contributed by atoms with Gasteiger partial charge in [0.15, 0.2) is 5.69 Å². The fraction of sp³-hybridized carbons (Fsp3) is 0.250. The highest BCUT2D eigenvalue weighted by Crippen LogP contribution is 2.37. The lowest BCUT2D eigenvalue weighted by Gasteiger charge is -2.03. The van der Waals surface area contributed by atoms with Crippen LogP contribution in [-0.4, -0.2) is 9.97 Å². The summed E-state index contributed by atoms with van der Waals surface area (Å²) >= 11 is 2.24. The Morgan fingerprint density at radius 2 is 2.12 bits per heavy atom. The van der Waals surface area contributed by atoms with Crippen molar-refractivity contribution < 1.29 is 13.2 Å². The van der Waals surface area contributed by atoms with Gasteiger partial charge in [-0.05, 0) is 0 Å². The Morgan fingerprint density at radius 1 is 1.38 bits per heavy atom. The van der Waals surface area contributed by atoms with E-state index >= 15 is 0 Å². The summed E-state index contributed by atoms with van der Waals surface area (Å²) in [6, 6.07) is 0. The number of thiazole rings is 2. The Kier molecular flexibility index (Phi) is 2.96. The lowest BCUT2D eigenvalue weighted by atomic mass is 10.3. The zero-order chi connectivity index (χ0) is 11.8. The summed E-state index contributed by atoms with van der Waals surface area (Å²) in [6.45, 7) is -0.170. The molecule has 2 aromatic heterocycles. The maximum atomic E-state index is 12.6. The summed E-state index contributed by atoms with van der Waals surface area (Å²) in [4.78, 5) is 7.51. The largest absolute Gasteiger partial charge is 0.434 e. The Morgan fingerprint density at radius 3 is 2.56 bits per heavy atom. The third kappa shape index (κ3) is 2.08. The fourth-order valence-corrected chi connectivity index (χ4v) is 2.68. The molecule has 0 aromatic carbocycles. The number of rotatable bonds is 2. The monoisotopic (exact) mass is 265 g/mol. The molecule has 0 atom stereocenters. The van der Waals surface area contributed by atoms with Gasteiger partial charge in [-0.15, -0.1) is 22.7 Å². The molecule has 0 aliphatic carbocycles. The summed E-state index contributed by atoms with van der Waals surface area (Å²) in [5.74, 6) is 0. The van der Waals surface area contributed by atoms with Crippen LogP contribution < -0.4 is 5.73 Å². The van der Waals surface area contributed by atoms with Crippen LogP contribution in [0, 0.1) is 0 Å². The van der Waals surface area contributed by atoms with Crippen molar-refractivity contribution in [3.63, 3.8) is 0 Å². The van der Waals surface area contributed by atoms with E-state index in [1.165, 1.54) is 11.3 Å². The predicted octanol–water partition coefficient (Wildman–Crippen LogP) is 2.74. The second kappa shape index (κ2) is 4.11. The molecule has 16 heavy (non-hydrogen) atoms. The SMILES string of the molecule is NCc1sc(-c2cscn2)nc1C(F)(F)F. The molecule has 2 N–H and O–H groups in total. The maximum Gasteiger partial charge on any atom is 0.434 e. The zero-order valence-electron chi connectivity index (χ0n) is 7.78. The number of halogens is 3. The molecule has 0 aliphatic heterocycles. The minimum absolute atomic E-state index is 0.0375. The Labute approximate surface area is 96.8 Å². The van der Waals surface area contributed by atoms with E-state index in [4.69, 9.17) is 5.73 Å². The first-order chi connectivity index (χ1) is 7.52. The van der Waals surface area contributed by atoms with Gasteiger partial charge < -0.3 is 5.73 Å². The van der Waals surface area contributed by atoms with E-state index in [-0.39, 0.29) is 16.4 Å². The van der Waals surface area contributed by atoms with Crippen LogP contribution in [0.15, 0.2) is 10.9 Å². The summed E-state index contributed by atoms with van der Waals surface area (Å²) in [7, 11) is 0. The van der Waals surface area contributed by atoms with Crippen LogP contribution in [0.4, 0.5) is 13.2 Å². The molecule has 2 rings (SSSR count). The molecular weight excluding hydrogens is 259 g/mol. The van der Waals surface area contributed by atoms with Crippen LogP contribution in [0.1, 0.15) is 10.6 Å². The van der Waals surface area contributed by atoms with E-state index in [0.29, 0.717) is 5.69 Å². The molecule has 2 aromatic rings. The number of nitrogens with zero attached hydrogens (tertiary/aromatic N) is 2. The lowest BCUT2D eigenvalue weighted by molar-refractivity contribution is -0.141. The summed E-state index contributed by atoms with van der Waals surface area (Å²) in [6.07, 6.45) is -4.46. The van der Waals surface area contributed by atoms with E-state index in [1.54, 1.807) is 10.9 Å². The standard InChI is InChI=1S/C8H6F3N3S2/c9-8(10,11)6-5(1-12)16-7(14-6)4-2-15-3-13-4/h2-3H,1,12H2. The van der Waals surface area contributed by atoms with Gasteiger partial charge in [0.1, 0.15) is 10.7 Å². The van der Waals surface area contributed by atoms with Crippen LogP contribution in [0.25, 0.3) is 10.7 Å². The van der Waals surface area contributed by atoms with Gasteiger partial charge in [0.25, 0.3) is 0 Å². The van der Waals surface area contributed by atoms with Crippen molar-refractivity contribution in [1.82, 2.24) is 9.97 Å². The second-order valence-electron chi connectivity index (χ2n) is 2.87. The van der Waals surface area contributed by atoms with Gasteiger partial charge in [-0.3, -0.25) is 0 Å². The first kappa shape index (κ1) is 11.5. The Balaban J connectivity index is 2.48. The molecule has 0 unspecified atom stereocenters. The van der Waals surface area contributed by atoms with E-state index in [2.05, 4.69) is 9.97 Å². The predicted molar refractivity (Wildman–Crippen MR) is 56.1 cm³/mol. The van der Waals surface area contributed by atoms with Gasteiger partial charge >= 0.3 is 6.18 Å². The van der Waals surface area contributed by atoms with E-state index in [0.717, 1.165) is 11.3 Å². The van der Waals surface area contributed by atoms with Crippen LogP contribution in [0.2, 0.25) is 0 Å². The minimum atomic E-state index is -4.46. The van der Waals surface area contributed by atoms with E-state index in [1.807, 2.05) is 0 Å². The molecule has 0 radical (unpaired) electrons. The van der Waals surface area contributed by atoms with Crippen molar-refractivity contribution in [3.8, 4) is 10.7 Å².